The maximum Gasteiger partial charge on any atom is 0.415 e. The molecule has 1 aromatic carbocycles. The van der Waals surface area contributed by atoms with Crippen LogP contribution in [-0.2, 0) is 19.2 Å². The van der Waals surface area contributed by atoms with E-state index in [2.05, 4.69) is 9.98 Å². The Kier molecular flexibility index (Phi) is 9.26. The smallest absolute Gasteiger partial charge is 0.415 e. The summed E-state index contributed by atoms with van der Waals surface area (Å²) in [6.07, 6.45) is -0.580. The van der Waals surface area contributed by atoms with Crippen LogP contribution in [0.25, 0.3) is 10.2 Å². The molecular formula is C30H34N4O7S2. The van der Waals surface area contributed by atoms with Crippen molar-refractivity contribution in [3.8, 4) is 5.75 Å². The molecule has 11 nitrogen and oxygen atoms in total. The number of fused-ring (bicyclic) bond motifs is 1. The summed E-state index contributed by atoms with van der Waals surface area (Å²) in [5.74, 6) is -0.877. The van der Waals surface area contributed by atoms with Crippen molar-refractivity contribution in [3.63, 3.8) is 0 Å². The van der Waals surface area contributed by atoms with Crippen molar-refractivity contribution in [2.45, 2.75) is 47.1 Å². The van der Waals surface area contributed by atoms with Crippen LogP contribution < -0.4 is 4.74 Å². The number of aromatic nitrogens is 1. The number of carboxylic acid groups (broad SMARTS) is 1. The monoisotopic (exact) mass is 626 g/mol. The van der Waals surface area contributed by atoms with Crippen LogP contribution in [0.1, 0.15) is 46.0 Å². The number of hydrogen-bond acceptors (Lipinski definition) is 10. The molecule has 1 N–H and O–H groups in total. The van der Waals surface area contributed by atoms with Crippen LogP contribution in [0.3, 0.4) is 0 Å². The fraction of sp³-hybridized carbons (Fsp3) is 0.433. The van der Waals surface area contributed by atoms with E-state index in [1.54, 1.807) is 66.9 Å². The van der Waals surface area contributed by atoms with Gasteiger partial charge in [-0.2, -0.15) is 0 Å². The molecule has 0 bridgehead atoms. The SMILES string of the molecule is CC1=C(C)C(=O)C(C(C)(C)CC(=O)N(C)CCN(C)C(=O)Oc2ccc3nc(C4=NC(C(=O)O)CS4)sc3c2)=C(C)C1=O. The van der Waals surface area contributed by atoms with Crippen LogP contribution in [-0.4, -0.2) is 93.4 Å². The molecular weight excluding hydrogens is 592 g/mol. The molecule has 1 unspecified atom stereocenters. The number of thioether (sulfide) groups is 1. The van der Waals surface area contributed by atoms with Crippen molar-refractivity contribution < 1.29 is 33.8 Å². The first-order valence-electron chi connectivity index (χ1n) is 13.6. The lowest BCUT2D eigenvalue weighted by Crippen LogP contribution is -2.40. The lowest BCUT2D eigenvalue weighted by atomic mass is 9.71. The Hall–Kier alpha value is -3.84. The number of aliphatic imine (C=N–C) groups is 1. The summed E-state index contributed by atoms with van der Waals surface area (Å²) >= 11 is 2.69. The molecule has 0 spiro atoms. The number of carboxylic acids is 1. The Labute approximate surface area is 257 Å². The summed E-state index contributed by atoms with van der Waals surface area (Å²) in [5, 5.41) is 10.4. The van der Waals surface area contributed by atoms with Gasteiger partial charge in [0.25, 0.3) is 0 Å². The van der Waals surface area contributed by atoms with Crippen LogP contribution in [0.15, 0.2) is 45.5 Å². The van der Waals surface area contributed by atoms with Crippen LogP contribution in [0, 0.1) is 5.41 Å². The van der Waals surface area contributed by atoms with E-state index in [4.69, 9.17) is 4.74 Å². The highest BCUT2D eigenvalue weighted by Gasteiger charge is 2.39. The second kappa shape index (κ2) is 12.4. The summed E-state index contributed by atoms with van der Waals surface area (Å²) in [6, 6.07) is 4.27. The number of allylic oxidation sites excluding steroid dienone is 4. The van der Waals surface area contributed by atoms with E-state index in [1.165, 1.54) is 32.9 Å². The van der Waals surface area contributed by atoms with Gasteiger partial charge in [0.2, 0.25) is 5.91 Å². The summed E-state index contributed by atoms with van der Waals surface area (Å²) in [4.78, 5) is 74.3. The minimum absolute atomic E-state index is 0.0222. The number of rotatable bonds is 9. The molecule has 228 valence electrons. The van der Waals surface area contributed by atoms with E-state index in [-0.39, 0.29) is 37.0 Å². The van der Waals surface area contributed by atoms with Gasteiger partial charge in [-0.15, -0.1) is 23.1 Å². The fourth-order valence-electron chi connectivity index (χ4n) is 4.88. The van der Waals surface area contributed by atoms with Gasteiger partial charge in [-0.1, -0.05) is 13.8 Å². The predicted octanol–water partition coefficient (Wildman–Crippen LogP) is 4.35. The standard InChI is InChI=1S/C30H34N4O7S2/c1-15-16(2)25(37)23(17(3)24(15)36)30(4,5)13-22(35)33(6)10-11-34(7)29(40)41-18-8-9-19-21(12-18)43-27(31-19)26-32-20(14-42-26)28(38)39/h8-9,12,20H,10-11,13-14H2,1-7H3,(H,38,39). The maximum absolute atomic E-state index is 13.1. The lowest BCUT2D eigenvalue weighted by molar-refractivity contribution is -0.137. The molecule has 2 aliphatic rings. The number of benzene rings is 1. The number of likely N-dealkylation sites (N-methyl/N-ethyl adjacent to an activating group) is 2. The minimum Gasteiger partial charge on any atom is -0.480 e. The highest BCUT2D eigenvalue weighted by atomic mass is 32.2. The van der Waals surface area contributed by atoms with Crippen LogP contribution in [0.5, 0.6) is 5.75 Å². The number of amides is 2. The molecule has 1 aliphatic carbocycles. The van der Waals surface area contributed by atoms with E-state index >= 15 is 0 Å². The molecule has 2 amide bonds. The molecule has 0 radical (unpaired) electrons. The first-order valence-corrected chi connectivity index (χ1v) is 15.4. The third-order valence-corrected chi connectivity index (χ3v) is 9.86. The highest BCUT2D eigenvalue weighted by Crippen LogP contribution is 2.39. The minimum atomic E-state index is -0.967. The van der Waals surface area contributed by atoms with Gasteiger partial charge in [0.15, 0.2) is 17.6 Å². The Balaban J connectivity index is 1.33. The summed E-state index contributed by atoms with van der Waals surface area (Å²) < 4.78 is 6.31. The van der Waals surface area contributed by atoms with Gasteiger partial charge in [-0.3, -0.25) is 19.4 Å². The number of nitrogens with zero attached hydrogens (tertiary/aromatic N) is 4. The quantitative estimate of drug-likeness (QED) is 0.401. The summed E-state index contributed by atoms with van der Waals surface area (Å²) in [6.45, 7) is 8.92. The van der Waals surface area contributed by atoms with Gasteiger partial charge < -0.3 is 19.6 Å². The normalized spacial score (nSPS) is 17.5. The van der Waals surface area contributed by atoms with Gasteiger partial charge in [-0.05, 0) is 32.9 Å². The zero-order chi connectivity index (χ0) is 31.8. The number of aliphatic carboxylic acids is 1. The number of carbonyl (C=O) groups excluding carboxylic acids is 4. The summed E-state index contributed by atoms with van der Waals surface area (Å²) in [7, 11) is 3.20. The first kappa shape index (κ1) is 32.1. The largest absolute Gasteiger partial charge is 0.480 e. The molecule has 1 atom stereocenters. The van der Waals surface area contributed by atoms with Crippen molar-refractivity contribution in [1.82, 2.24) is 14.8 Å². The maximum atomic E-state index is 13.1. The Bertz CT molecular complexity index is 1640. The molecule has 0 saturated carbocycles. The van der Waals surface area contributed by atoms with Crippen molar-refractivity contribution in [2.24, 2.45) is 10.4 Å². The fourth-order valence-corrected chi connectivity index (χ4v) is 6.97. The van der Waals surface area contributed by atoms with E-state index in [1.807, 2.05) is 0 Å². The number of Topliss-reactive ketones (excluding diaryl/α,β-unsaturated/α-hetero) is 2. The number of ether oxygens (including phenoxy) is 1. The zero-order valence-electron chi connectivity index (χ0n) is 25.1. The van der Waals surface area contributed by atoms with E-state index < -0.39 is 23.5 Å². The van der Waals surface area contributed by atoms with Gasteiger partial charge in [0, 0.05) is 73.1 Å². The number of hydrogen-bond donors (Lipinski definition) is 1. The van der Waals surface area contributed by atoms with Crippen LogP contribution in [0.4, 0.5) is 4.79 Å². The molecule has 4 rings (SSSR count). The third-order valence-electron chi connectivity index (χ3n) is 7.65. The molecule has 1 aromatic heterocycles. The van der Waals surface area contributed by atoms with Crippen molar-refractivity contribution in [3.05, 3.63) is 45.5 Å². The Morgan fingerprint density at radius 2 is 1.67 bits per heavy atom. The Morgan fingerprint density at radius 3 is 2.33 bits per heavy atom. The first-order chi connectivity index (χ1) is 20.1. The van der Waals surface area contributed by atoms with Gasteiger partial charge in [-0.25, -0.2) is 14.6 Å². The topological polar surface area (TPSA) is 147 Å². The molecule has 43 heavy (non-hydrogen) atoms. The Morgan fingerprint density at radius 1 is 1.02 bits per heavy atom. The van der Waals surface area contributed by atoms with Crippen molar-refractivity contribution in [2.75, 3.05) is 32.9 Å². The predicted molar refractivity (Wildman–Crippen MR) is 166 cm³/mol. The molecule has 13 heteroatoms. The average molecular weight is 627 g/mol. The van der Waals surface area contributed by atoms with E-state index in [9.17, 15) is 29.1 Å². The second-order valence-corrected chi connectivity index (χ2v) is 13.4. The molecule has 0 fully saturated rings. The van der Waals surface area contributed by atoms with E-state index in [0.717, 1.165) is 4.70 Å². The summed E-state index contributed by atoms with van der Waals surface area (Å²) in [5.41, 5.74) is 1.42. The van der Waals surface area contributed by atoms with E-state index in [0.29, 0.717) is 49.4 Å². The van der Waals surface area contributed by atoms with Crippen LogP contribution >= 0.6 is 23.1 Å². The van der Waals surface area contributed by atoms with Crippen molar-refractivity contribution >= 4 is 67.9 Å². The number of thiazole rings is 1. The second-order valence-electron chi connectivity index (χ2n) is 11.3. The number of ketones is 2. The molecule has 0 saturated heterocycles. The third kappa shape index (κ3) is 6.72. The van der Waals surface area contributed by atoms with Gasteiger partial charge >= 0.3 is 12.1 Å². The molecule has 2 heterocycles. The zero-order valence-corrected chi connectivity index (χ0v) is 26.8. The average Bonchev–Trinajstić information content (AvgIpc) is 3.60. The van der Waals surface area contributed by atoms with Crippen molar-refractivity contribution in [1.29, 1.82) is 0 Å². The molecule has 1 aliphatic heterocycles. The molecule has 2 aromatic rings. The lowest BCUT2D eigenvalue weighted by Gasteiger charge is -2.33. The van der Waals surface area contributed by atoms with Gasteiger partial charge in [0.1, 0.15) is 15.8 Å². The van der Waals surface area contributed by atoms with Crippen LogP contribution in [0.2, 0.25) is 0 Å². The highest BCUT2D eigenvalue weighted by molar-refractivity contribution is 8.15. The van der Waals surface area contributed by atoms with Gasteiger partial charge in [0.05, 0.1) is 10.2 Å². The number of carbonyl (C=O) groups is 5.